The van der Waals surface area contributed by atoms with E-state index < -0.39 is 0 Å². The number of nitrogens with one attached hydrogen (secondary N) is 1. The standard InChI is InChI=1S/C22H17BrClN3O/c1-14-13-16(11-12-18(14)23)25-20(15-7-3-2-4-8-15)22-27-26-21(28-22)17-9-5-6-10-19(17)24/h2-13,20,25H,1H3/t20-/m1/s1. The van der Waals surface area contributed by atoms with Crippen LogP contribution in [0.2, 0.25) is 5.02 Å². The van der Waals surface area contributed by atoms with Crippen molar-refractivity contribution in [1.29, 1.82) is 0 Å². The average Bonchev–Trinajstić information content (AvgIpc) is 3.19. The van der Waals surface area contributed by atoms with Gasteiger partial charge in [-0.1, -0.05) is 70.0 Å². The van der Waals surface area contributed by atoms with Gasteiger partial charge in [0, 0.05) is 10.2 Å². The Morgan fingerprint density at radius 2 is 1.71 bits per heavy atom. The lowest BCUT2D eigenvalue weighted by Gasteiger charge is -2.17. The summed E-state index contributed by atoms with van der Waals surface area (Å²) in [5.41, 5.74) is 3.85. The minimum absolute atomic E-state index is 0.287. The first kappa shape index (κ1) is 18.7. The maximum atomic E-state index is 6.28. The van der Waals surface area contributed by atoms with Crippen LogP contribution in [-0.2, 0) is 0 Å². The summed E-state index contributed by atoms with van der Waals surface area (Å²) in [5.74, 6) is 0.872. The van der Waals surface area contributed by atoms with Gasteiger partial charge < -0.3 is 9.73 Å². The van der Waals surface area contributed by atoms with Crippen molar-refractivity contribution in [3.8, 4) is 11.5 Å². The lowest BCUT2D eigenvalue weighted by molar-refractivity contribution is 0.494. The largest absolute Gasteiger partial charge is 0.418 e. The molecular weight excluding hydrogens is 438 g/mol. The van der Waals surface area contributed by atoms with Gasteiger partial charge in [-0.15, -0.1) is 10.2 Å². The van der Waals surface area contributed by atoms with E-state index in [0.717, 1.165) is 21.3 Å². The summed E-state index contributed by atoms with van der Waals surface area (Å²) >= 11 is 9.82. The molecule has 0 unspecified atom stereocenters. The number of nitrogens with zero attached hydrogens (tertiary/aromatic N) is 2. The van der Waals surface area contributed by atoms with Crippen molar-refractivity contribution in [3.05, 3.63) is 99.3 Å². The SMILES string of the molecule is Cc1cc(N[C@H](c2ccccc2)c2nnc(-c3ccccc3Cl)o2)ccc1Br. The molecule has 3 aromatic carbocycles. The molecule has 0 aliphatic carbocycles. The highest BCUT2D eigenvalue weighted by Crippen LogP contribution is 2.31. The first-order valence-corrected chi connectivity index (χ1v) is 9.95. The van der Waals surface area contributed by atoms with E-state index in [1.54, 1.807) is 6.07 Å². The maximum Gasteiger partial charge on any atom is 0.249 e. The second-order valence-electron chi connectivity index (χ2n) is 6.38. The third-order valence-corrected chi connectivity index (χ3v) is 5.61. The number of hydrogen-bond acceptors (Lipinski definition) is 4. The van der Waals surface area contributed by atoms with Crippen molar-refractivity contribution in [2.45, 2.75) is 13.0 Å². The fourth-order valence-electron chi connectivity index (χ4n) is 2.93. The Balaban J connectivity index is 1.72. The van der Waals surface area contributed by atoms with E-state index in [1.807, 2.05) is 60.7 Å². The summed E-state index contributed by atoms with van der Waals surface area (Å²) in [7, 11) is 0. The molecule has 4 rings (SSSR count). The van der Waals surface area contributed by atoms with Crippen molar-refractivity contribution in [3.63, 3.8) is 0 Å². The fraction of sp³-hybridized carbons (Fsp3) is 0.0909. The summed E-state index contributed by atoms with van der Waals surface area (Å²) in [6.45, 7) is 2.05. The molecular formula is C22H17BrClN3O. The molecule has 4 nitrogen and oxygen atoms in total. The van der Waals surface area contributed by atoms with E-state index in [-0.39, 0.29) is 6.04 Å². The topological polar surface area (TPSA) is 51.0 Å². The average molecular weight is 455 g/mol. The third kappa shape index (κ3) is 3.96. The Hall–Kier alpha value is -2.63. The highest BCUT2D eigenvalue weighted by molar-refractivity contribution is 9.10. The van der Waals surface area contributed by atoms with E-state index in [0.29, 0.717) is 22.4 Å². The maximum absolute atomic E-state index is 6.28. The molecule has 1 atom stereocenters. The monoisotopic (exact) mass is 453 g/mol. The fourth-order valence-corrected chi connectivity index (χ4v) is 3.39. The van der Waals surface area contributed by atoms with Gasteiger partial charge in [0.05, 0.1) is 10.6 Å². The Morgan fingerprint density at radius 3 is 2.46 bits per heavy atom. The molecule has 140 valence electrons. The number of rotatable bonds is 5. The Bertz CT molecular complexity index is 1100. The van der Waals surface area contributed by atoms with Crippen LogP contribution >= 0.6 is 27.5 Å². The van der Waals surface area contributed by atoms with E-state index in [2.05, 4.69) is 44.4 Å². The number of aromatic nitrogens is 2. The molecule has 1 heterocycles. The normalized spacial score (nSPS) is 12.0. The van der Waals surface area contributed by atoms with Crippen LogP contribution in [0.5, 0.6) is 0 Å². The van der Waals surface area contributed by atoms with Crippen LogP contribution in [0.1, 0.15) is 23.1 Å². The van der Waals surface area contributed by atoms with Gasteiger partial charge in [0.1, 0.15) is 6.04 Å². The summed E-state index contributed by atoms with van der Waals surface area (Å²) in [5, 5.41) is 12.6. The van der Waals surface area contributed by atoms with E-state index in [9.17, 15) is 0 Å². The highest BCUT2D eigenvalue weighted by Gasteiger charge is 2.22. The van der Waals surface area contributed by atoms with Gasteiger partial charge in [0.25, 0.3) is 0 Å². The minimum Gasteiger partial charge on any atom is -0.418 e. The zero-order valence-corrected chi connectivity index (χ0v) is 17.4. The first-order valence-electron chi connectivity index (χ1n) is 8.78. The first-order chi connectivity index (χ1) is 13.6. The number of aryl methyl sites for hydroxylation is 1. The predicted octanol–water partition coefficient (Wildman–Crippen LogP) is 6.66. The summed E-state index contributed by atoms with van der Waals surface area (Å²) in [6.07, 6.45) is 0. The number of benzene rings is 3. The van der Waals surface area contributed by atoms with Crippen LogP contribution in [0.15, 0.2) is 81.7 Å². The van der Waals surface area contributed by atoms with Crippen LogP contribution in [-0.4, -0.2) is 10.2 Å². The number of anilines is 1. The van der Waals surface area contributed by atoms with Crippen LogP contribution in [0.3, 0.4) is 0 Å². The molecule has 0 aliphatic heterocycles. The molecule has 1 N–H and O–H groups in total. The molecule has 0 fully saturated rings. The third-order valence-electron chi connectivity index (χ3n) is 4.39. The molecule has 0 saturated carbocycles. The number of hydrogen-bond donors (Lipinski definition) is 1. The molecule has 0 amide bonds. The lowest BCUT2D eigenvalue weighted by Crippen LogP contribution is -2.13. The Kier molecular flexibility index (Phi) is 5.46. The van der Waals surface area contributed by atoms with Gasteiger partial charge in [-0.2, -0.15) is 0 Å². The molecule has 0 aliphatic rings. The number of halogens is 2. The predicted molar refractivity (Wildman–Crippen MR) is 116 cm³/mol. The summed E-state index contributed by atoms with van der Waals surface area (Å²) in [4.78, 5) is 0. The quantitative estimate of drug-likeness (QED) is 0.366. The Labute approximate surface area is 176 Å². The van der Waals surface area contributed by atoms with Crippen LogP contribution in [0.25, 0.3) is 11.5 Å². The second-order valence-corrected chi connectivity index (χ2v) is 7.64. The van der Waals surface area contributed by atoms with Gasteiger partial charge in [0.15, 0.2) is 0 Å². The molecule has 28 heavy (non-hydrogen) atoms. The smallest absolute Gasteiger partial charge is 0.249 e. The van der Waals surface area contributed by atoms with E-state index >= 15 is 0 Å². The van der Waals surface area contributed by atoms with Crippen molar-refractivity contribution >= 4 is 33.2 Å². The van der Waals surface area contributed by atoms with Gasteiger partial charge in [0.2, 0.25) is 11.8 Å². The molecule has 0 spiro atoms. The molecule has 0 radical (unpaired) electrons. The molecule has 6 heteroatoms. The molecule has 0 saturated heterocycles. The van der Waals surface area contributed by atoms with E-state index in [4.69, 9.17) is 16.0 Å². The van der Waals surface area contributed by atoms with Gasteiger partial charge in [-0.3, -0.25) is 0 Å². The van der Waals surface area contributed by atoms with Crippen LogP contribution in [0, 0.1) is 6.92 Å². The van der Waals surface area contributed by atoms with Crippen LogP contribution in [0.4, 0.5) is 5.69 Å². The van der Waals surface area contributed by atoms with Gasteiger partial charge in [-0.25, -0.2) is 0 Å². The van der Waals surface area contributed by atoms with Crippen molar-refractivity contribution in [2.75, 3.05) is 5.32 Å². The Morgan fingerprint density at radius 1 is 0.964 bits per heavy atom. The van der Waals surface area contributed by atoms with Crippen LogP contribution < -0.4 is 5.32 Å². The zero-order chi connectivity index (χ0) is 19.5. The van der Waals surface area contributed by atoms with E-state index in [1.165, 1.54) is 0 Å². The van der Waals surface area contributed by atoms with Crippen molar-refractivity contribution in [2.24, 2.45) is 0 Å². The molecule has 0 bridgehead atoms. The van der Waals surface area contributed by atoms with Gasteiger partial charge >= 0.3 is 0 Å². The lowest BCUT2D eigenvalue weighted by atomic mass is 10.1. The molecule has 1 aromatic heterocycles. The zero-order valence-electron chi connectivity index (χ0n) is 15.1. The van der Waals surface area contributed by atoms with Crippen molar-refractivity contribution in [1.82, 2.24) is 10.2 Å². The van der Waals surface area contributed by atoms with Crippen molar-refractivity contribution < 1.29 is 4.42 Å². The summed E-state index contributed by atoms with van der Waals surface area (Å²) < 4.78 is 7.08. The minimum atomic E-state index is -0.287. The summed E-state index contributed by atoms with van der Waals surface area (Å²) in [6, 6.07) is 23.3. The second kappa shape index (κ2) is 8.17. The highest BCUT2D eigenvalue weighted by atomic mass is 79.9. The van der Waals surface area contributed by atoms with Gasteiger partial charge in [-0.05, 0) is 48.4 Å². The molecule has 4 aromatic rings.